The molecule has 1 aliphatic heterocycles. The molecule has 2 heterocycles. The van der Waals surface area contributed by atoms with Crippen molar-refractivity contribution in [3.8, 4) is 5.75 Å². The van der Waals surface area contributed by atoms with E-state index in [-0.39, 0.29) is 17.9 Å². The van der Waals surface area contributed by atoms with Gasteiger partial charge in [0.2, 0.25) is 5.91 Å². The summed E-state index contributed by atoms with van der Waals surface area (Å²) < 4.78 is 5.87. The molecule has 1 atom stereocenters. The summed E-state index contributed by atoms with van der Waals surface area (Å²) in [7, 11) is 0. The zero-order valence-corrected chi connectivity index (χ0v) is 20.2. The van der Waals surface area contributed by atoms with E-state index in [0.29, 0.717) is 18.2 Å². The van der Waals surface area contributed by atoms with E-state index in [9.17, 15) is 4.79 Å². The normalized spacial score (nSPS) is 15.0. The Bertz CT molecular complexity index is 1010. The van der Waals surface area contributed by atoms with E-state index in [4.69, 9.17) is 16.3 Å². The summed E-state index contributed by atoms with van der Waals surface area (Å²) in [5.41, 5.74) is 1.89. The van der Waals surface area contributed by atoms with Gasteiger partial charge in [-0.25, -0.2) is 0 Å². The Morgan fingerprint density at radius 2 is 1.74 bits per heavy atom. The summed E-state index contributed by atoms with van der Waals surface area (Å²) in [4.78, 5) is 20.5. The van der Waals surface area contributed by atoms with Crippen molar-refractivity contribution < 1.29 is 9.53 Å². The van der Waals surface area contributed by atoms with Crippen LogP contribution in [0.4, 0.5) is 0 Å². The Morgan fingerprint density at radius 3 is 2.44 bits per heavy atom. The molecule has 0 spiro atoms. The zero-order chi connectivity index (χ0) is 23.6. The standard InChI is InChI=1S/C28H32ClN3O2/c29-24-13-11-22(12-14-24)27(26-10-4-5-17-31-26)32(28(33)23-15-18-30-19-16-23)20-6-7-21-34-25-8-2-1-3-9-25/h1-5,8-14,17,23,27,30H,6-7,15-16,18-21H2/t27-/m0/s1. The van der Waals surface area contributed by atoms with Gasteiger partial charge >= 0.3 is 0 Å². The molecular formula is C28H32ClN3O2. The van der Waals surface area contributed by atoms with E-state index in [0.717, 1.165) is 55.8 Å². The Labute approximate surface area is 207 Å². The van der Waals surface area contributed by atoms with Gasteiger partial charge in [0.15, 0.2) is 0 Å². The van der Waals surface area contributed by atoms with Gasteiger partial charge in [0.25, 0.3) is 0 Å². The number of benzene rings is 2. The van der Waals surface area contributed by atoms with E-state index in [1.807, 2.05) is 77.7 Å². The summed E-state index contributed by atoms with van der Waals surface area (Å²) in [6.45, 7) is 3.02. The highest BCUT2D eigenvalue weighted by Gasteiger charge is 2.32. The molecule has 1 saturated heterocycles. The lowest BCUT2D eigenvalue weighted by Crippen LogP contribution is -2.43. The van der Waals surface area contributed by atoms with Crippen molar-refractivity contribution in [3.63, 3.8) is 0 Å². The molecule has 0 aliphatic carbocycles. The number of carbonyl (C=O) groups excluding carboxylic acids is 1. The number of amides is 1. The van der Waals surface area contributed by atoms with Gasteiger partial charge < -0.3 is 15.0 Å². The van der Waals surface area contributed by atoms with Crippen molar-refractivity contribution in [3.05, 3.63) is 95.3 Å². The van der Waals surface area contributed by atoms with E-state index >= 15 is 0 Å². The molecule has 0 bridgehead atoms. The largest absolute Gasteiger partial charge is 0.494 e. The average molecular weight is 478 g/mol. The molecule has 0 saturated carbocycles. The maximum atomic E-state index is 13.9. The van der Waals surface area contributed by atoms with Gasteiger partial charge in [0.1, 0.15) is 5.75 Å². The maximum absolute atomic E-state index is 13.9. The fourth-order valence-corrected chi connectivity index (χ4v) is 4.58. The van der Waals surface area contributed by atoms with E-state index in [1.165, 1.54) is 0 Å². The lowest BCUT2D eigenvalue weighted by molar-refractivity contribution is -0.138. The van der Waals surface area contributed by atoms with Crippen molar-refractivity contribution in [1.29, 1.82) is 0 Å². The van der Waals surface area contributed by atoms with Gasteiger partial charge in [-0.2, -0.15) is 0 Å². The molecule has 178 valence electrons. The lowest BCUT2D eigenvalue weighted by atomic mass is 9.93. The number of halogens is 1. The van der Waals surface area contributed by atoms with E-state index in [1.54, 1.807) is 6.20 Å². The van der Waals surface area contributed by atoms with Crippen LogP contribution in [0.3, 0.4) is 0 Å². The third-order valence-corrected chi connectivity index (χ3v) is 6.49. The second-order valence-electron chi connectivity index (χ2n) is 8.63. The molecule has 1 amide bonds. The Kier molecular flexibility index (Phi) is 8.94. The van der Waals surface area contributed by atoms with Crippen molar-refractivity contribution >= 4 is 17.5 Å². The number of hydrogen-bond donors (Lipinski definition) is 1. The number of unbranched alkanes of at least 4 members (excludes halogenated alkanes) is 1. The van der Waals surface area contributed by atoms with Gasteiger partial charge in [-0.3, -0.25) is 9.78 Å². The number of para-hydroxylation sites is 1. The first kappa shape index (κ1) is 24.2. The first-order valence-corrected chi connectivity index (χ1v) is 12.5. The molecule has 1 fully saturated rings. The molecule has 1 N–H and O–H groups in total. The zero-order valence-electron chi connectivity index (χ0n) is 19.4. The summed E-state index contributed by atoms with van der Waals surface area (Å²) in [5.74, 6) is 1.11. The van der Waals surface area contributed by atoms with Crippen molar-refractivity contribution in [2.75, 3.05) is 26.2 Å². The number of aromatic nitrogens is 1. The van der Waals surface area contributed by atoms with Crippen LogP contribution in [0.15, 0.2) is 79.0 Å². The maximum Gasteiger partial charge on any atom is 0.226 e. The molecule has 4 rings (SSSR count). The highest BCUT2D eigenvalue weighted by Crippen LogP contribution is 2.31. The molecule has 0 unspecified atom stereocenters. The van der Waals surface area contributed by atoms with Crippen LogP contribution in [-0.4, -0.2) is 42.0 Å². The van der Waals surface area contributed by atoms with Gasteiger partial charge in [0, 0.05) is 23.7 Å². The summed E-state index contributed by atoms with van der Waals surface area (Å²) >= 11 is 6.18. The minimum atomic E-state index is -0.254. The predicted molar refractivity (Wildman–Crippen MR) is 136 cm³/mol. The molecule has 3 aromatic rings. The second kappa shape index (κ2) is 12.5. The van der Waals surface area contributed by atoms with Crippen LogP contribution in [0.5, 0.6) is 5.75 Å². The number of rotatable bonds is 10. The first-order valence-electron chi connectivity index (χ1n) is 12.1. The first-order chi connectivity index (χ1) is 16.7. The van der Waals surface area contributed by atoms with Crippen molar-refractivity contribution in [2.45, 2.75) is 31.7 Å². The third kappa shape index (κ3) is 6.58. The van der Waals surface area contributed by atoms with Crippen molar-refractivity contribution in [1.82, 2.24) is 15.2 Å². The van der Waals surface area contributed by atoms with E-state index in [2.05, 4.69) is 10.3 Å². The van der Waals surface area contributed by atoms with Gasteiger partial charge in [0.05, 0.1) is 18.3 Å². The number of hydrogen-bond acceptors (Lipinski definition) is 4. The lowest BCUT2D eigenvalue weighted by Gasteiger charge is -2.36. The molecule has 0 radical (unpaired) electrons. The number of pyridine rings is 1. The van der Waals surface area contributed by atoms with Crippen LogP contribution in [0.1, 0.15) is 43.0 Å². The number of carbonyl (C=O) groups is 1. The minimum absolute atomic E-state index is 0.0281. The predicted octanol–water partition coefficient (Wildman–Crippen LogP) is 5.51. The number of ether oxygens (including phenoxy) is 1. The monoisotopic (exact) mass is 477 g/mol. The third-order valence-electron chi connectivity index (χ3n) is 6.24. The summed E-state index contributed by atoms with van der Waals surface area (Å²) in [6.07, 6.45) is 5.23. The highest BCUT2D eigenvalue weighted by atomic mass is 35.5. The fourth-order valence-electron chi connectivity index (χ4n) is 4.45. The van der Waals surface area contributed by atoms with Crippen molar-refractivity contribution in [2.24, 2.45) is 5.92 Å². The summed E-state index contributed by atoms with van der Waals surface area (Å²) in [6, 6.07) is 23.2. The van der Waals surface area contributed by atoms with E-state index < -0.39 is 0 Å². The molecule has 34 heavy (non-hydrogen) atoms. The molecule has 1 aliphatic rings. The SMILES string of the molecule is O=C(C1CCNCC1)N(CCCCOc1ccccc1)[C@@H](c1ccc(Cl)cc1)c1ccccn1. The molecule has 5 nitrogen and oxygen atoms in total. The van der Waals surface area contributed by atoms with Crippen LogP contribution in [0.2, 0.25) is 5.02 Å². The number of piperidine rings is 1. The Morgan fingerprint density at radius 1 is 1.00 bits per heavy atom. The topological polar surface area (TPSA) is 54.5 Å². The van der Waals surface area contributed by atoms with Gasteiger partial charge in [-0.05, 0) is 80.7 Å². The Balaban J connectivity index is 1.53. The minimum Gasteiger partial charge on any atom is -0.494 e. The second-order valence-corrected chi connectivity index (χ2v) is 9.07. The van der Waals surface area contributed by atoms with Crippen LogP contribution >= 0.6 is 11.6 Å². The smallest absolute Gasteiger partial charge is 0.226 e. The summed E-state index contributed by atoms with van der Waals surface area (Å²) in [5, 5.41) is 4.05. The average Bonchev–Trinajstić information content (AvgIpc) is 2.90. The Hall–Kier alpha value is -2.89. The van der Waals surface area contributed by atoms with Gasteiger partial charge in [-0.15, -0.1) is 0 Å². The highest BCUT2D eigenvalue weighted by molar-refractivity contribution is 6.30. The van der Waals surface area contributed by atoms with Crippen LogP contribution in [-0.2, 0) is 4.79 Å². The number of nitrogens with zero attached hydrogens (tertiary/aromatic N) is 2. The van der Waals surface area contributed by atoms with Gasteiger partial charge in [-0.1, -0.05) is 48.0 Å². The molecule has 1 aromatic heterocycles. The molecule has 6 heteroatoms. The quantitative estimate of drug-likeness (QED) is 0.391. The van der Waals surface area contributed by atoms with Crippen LogP contribution in [0, 0.1) is 5.92 Å². The van der Waals surface area contributed by atoms with Crippen LogP contribution in [0.25, 0.3) is 0 Å². The van der Waals surface area contributed by atoms with Crippen LogP contribution < -0.4 is 10.1 Å². The fraction of sp³-hybridized carbons (Fsp3) is 0.357. The number of nitrogens with one attached hydrogen (secondary N) is 1. The molecule has 2 aromatic carbocycles. The molecular weight excluding hydrogens is 446 g/mol.